The van der Waals surface area contributed by atoms with Crippen molar-refractivity contribution in [3.63, 3.8) is 0 Å². The van der Waals surface area contributed by atoms with Crippen LogP contribution in [0.5, 0.6) is 0 Å². The number of amides is 1. The van der Waals surface area contributed by atoms with Gasteiger partial charge in [0.25, 0.3) is 0 Å². The number of benzene rings is 1. The van der Waals surface area contributed by atoms with E-state index in [0.717, 1.165) is 12.0 Å². The Bertz CT molecular complexity index is 421. The van der Waals surface area contributed by atoms with Crippen molar-refractivity contribution in [2.24, 2.45) is 0 Å². The van der Waals surface area contributed by atoms with Crippen LogP contribution in [0, 0.1) is 0 Å². The molecule has 1 amide bonds. The van der Waals surface area contributed by atoms with E-state index in [1.807, 2.05) is 12.1 Å². The fraction of sp³-hybridized carbons (Fsp3) is 0.462. The first-order valence-corrected chi connectivity index (χ1v) is 6.53. The van der Waals surface area contributed by atoms with Gasteiger partial charge in [0.2, 0.25) is 5.91 Å². The van der Waals surface area contributed by atoms with Gasteiger partial charge >= 0.3 is 6.18 Å². The molecule has 0 radical (unpaired) electrons. The van der Waals surface area contributed by atoms with E-state index in [2.05, 4.69) is 10.1 Å². The fourth-order valence-electron chi connectivity index (χ4n) is 1.44. The second-order valence-corrected chi connectivity index (χ2v) is 4.48. The number of anilines is 1. The second-order valence-electron chi connectivity index (χ2n) is 4.10. The normalized spacial score (nSPS) is 11.4. The van der Waals surface area contributed by atoms with E-state index >= 15 is 0 Å². The summed E-state index contributed by atoms with van der Waals surface area (Å²) in [4.78, 5) is 11.5. The molecular weight excluding hydrogens is 295 g/mol. The van der Waals surface area contributed by atoms with Crippen LogP contribution in [0.2, 0.25) is 0 Å². The summed E-state index contributed by atoms with van der Waals surface area (Å²) in [5, 5.41) is 2.58. The highest BCUT2D eigenvalue weighted by Crippen LogP contribution is 2.14. The standard InChI is InChI=1S/C13H15ClF3NO2/c14-7-5-10-1-3-11(4-2-10)18-12(19)6-8-20-9-13(15,16)17/h1-4H,5-9H2,(H,18,19). The maximum Gasteiger partial charge on any atom is 0.411 e. The van der Waals surface area contributed by atoms with Crippen molar-refractivity contribution >= 4 is 23.2 Å². The van der Waals surface area contributed by atoms with E-state index < -0.39 is 18.7 Å². The number of hydrogen-bond donors (Lipinski definition) is 1. The van der Waals surface area contributed by atoms with Crippen LogP contribution in [0.4, 0.5) is 18.9 Å². The number of carbonyl (C=O) groups excluding carboxylic acids is 1. The van der Waals surface area contributed by atoms with Crippen LogP contribution in [-0.4, -0.2) is 31.2 Å². The monoisotopic (exact) mass is 309 g/mol. The lowest BCUT2D eigenvalue weighted by Gasteiger charge is -2.08. The molecule has 0 aliphatic heterocycles. The first kappa shape index (κ1) is 16.8. The first-order valence-electron chi connectivity index (χ1n) is 6.00. The van der Waals surface area contributed by atoms with Crippen molar-refractivity contribution in [3.8, 4) is 0 Å². The van der Waals surface area contributed by atoms with Gasteiger partial charge in [-0.3, -0.25) is 4.79 Å². The molecule has 1 rings (SSSR count). The summed E-state index contributed by atoms with van der Waals surface area (Å²) >= 11 is 5.60. The molecule has 1 aromatic carbocycles. The predicted molar refractivity (Wildman–Crippen MR) is 71.0 cm³/mol. The van der Waals surface area contributed by atoms with E-state index in [4.69, 9.17) is 11.6 Å². The van der Waals surface area contributed by atoms with Crippen LogP contribution >= 0.6 is 11.6 Å². The summed E-state index contributed by atoms with van der Waals surface area (Å²) in [6.07, 6.45) is -3.75. The van der Waals surface area contributed by atoms with Gasteiger partial charge in [-0.25, -0.2) is 0 Å². The van der Waals surface area contributed by atoms with E-state index in [9.17, 15) is 18.0 Å². The van der Waals surface area contributed by atoms with E-state index in [-0.39, 0.29) is 13.0 Å². The average Bonchev–Trinajstić information content (AvgIpc) is 2.36. The zero-order valence-electron chi connectivity index (χ0n) is 10.7. The quantitative estimate of drug-likeness (QED) is 0.619. The third-order valence-electron chi connectivity index (χ3n) is 2.36. The van der Waals surface area contributed by atoms with Crippen LogP contribution in [0.25, 0.3) is 0 Å². The molecule has 20 heavy (non-hydrogen) atoms. The Morgan fingerprint density at radius 2 is 1.90 bits per heavy atom. The molecule has 0 saturated carbocycles. The summed E-state index contributed by atoms with van der Waals surface area (Å²) in [6, 6.07) is 7.10. The summed E-state index contributed by atoms with van der Waals surface area (Å²) < 4.78 is 39.7. The van der Waals surface area contributed by atoms with Gasteiger partial charge in [0.1, 0.15) is 6.61 Å². The molecule has 0 aromatic heterocycles. The van der Waals surface area contributed by atoms with E-state index in [0.29, 0.717) is 11.6 Å². The van der Waals surface area contributed by atoms with Gasteiger partial charge in [-0.1, -0.05) is 12.1 Å². The minimum atomic E-state index is -4.37. The molecule has 0 atom stereocenters. The molecule has 0 spiro atoms. The largest absolute Gasteiger partial charge is 0.411 e. The Balaban J connectivity index is 2.28. The number of nitrogens with one attached hydrogen (secondary N) is 1. The van der Waals surface area contributed by atoms with Gasteiger partial charge in [-0.05, 0) is 24.1 Å². The molecule has 1 aromatic rings. The number of aryl methyl sites for hydroxylation is 1. The topological polar surface area (TPSA) is 38.3 Å². The van der Waals surface area contributed by atoms with Crippen LogP contribution < -0.4 is 5.32 Å². The lowest BCUT2D eigenvalue weighted by atomic mass is 10.1. The molecule has 0 fully saturated rings. The number of hydrogen-bond acceptors (Lipinski definition) is 2. The Morgan fingerprint density at radius 1 is 1.25 bits per heavy atom. The fourth-order valence-corrected chi connectivity index (χ4v) is 1.66. The Labute approximate surface area is 120 Å². The molecule has 0 bridgehead atoms. The molecule has 0 saturated heterocycles. The molecule has 1 N–H and O–H groups in total. The summed E-state index contributed by atoms with van der Waals surface area (Å²) in [5.41, 5.74) is 1.63. The van der Waals surface area contributed by atoms with Gasteiger partial charge in [0, 0.05) is 11.6 Å². The highest BCUT2D eigenvalue weighted by molar-refractivity contribution is 6.17. The molecule has 0 aliphatic rings. The SMILES string of the molecule is O=C(CCOCC(F)(F)F)Nc1ccc(CCCl)cc1. The Morgan fingerprint density at radius 3 is 2.45 bits per heavy atom. The highest BCUT2D eigenvalue weighted by Gasteiger charge is 2.27. The van der Waals surface area contributed by atoms with Crippen LogP contribution in [0.3, 0.4) is 0 Å². The molecule has 7 heteroatoms. The maximum atomic E-state index is 11.8. The molecule has 0 heterocycles. The maximum absolute atomic E-state index is 11.8. The number of halogens is 4. The van der Waals surface area contributed by atoms with E-state index in [1.54, 1.807) is 12.1 Å². The van der Waals surface area contributed by atoms with Gasteiger partial charge in [-0.15, -0.1) is 11.6 Å². The van der Waals surface area contributed by atoms with Crippen molar-refractivity contribution in [2.45, 2.75) is 19.0 Å². The highest BCUT2D eigenvalue weighted by atomic mass is 35.5. The molecule has 0 unspecified atom stereocenters. The summed E-state index contributed by atoms with van der Waals surface area (Å²) in [5.74, 6) is 0.125. The first-order chi connectivity index (χ1) is 9.40. The molecular formula is C13H15ClF3NO2. The van der Waals surface area contributed by atoms with Gasteiger partial charge in [0.15, 0.2) is 0 Å². The molecule has 3 nitrogen and oxygen atoms in total. The van der Waals surface area contributed by atoms with Crippen LogP contribution in [0.15, 0.2) is 24.3 Å². The van der Waals surface area contributed by atoms with Crippen molar-refractivity contribution in [2.75, 3.05) is 24.4 Å². The number of carbonyl (C=O) groups is 1. The number of ether oxygens (including phenoxy) is 1. The lowest BCUT2D eigenvalue weighted by molar-refractivity contribution is -0.174. The van der Waals surface area contributed by atoms with Crippen molar-refractivity contribution in [1.82, 2.24) is 0 Å². The molecule has 0 aliphatic carbocycles. The molecule has 112 valence electrons. The van der Waals surface area contributed by atoms with Crippen molar-refractivity contribution in [1.29, 1.82) is 0 Å². The average molecular weight is 310 g/mol. The minimum Gasteiger partial charge on any atom is -0.372 e. The Kier molecular flexibility index (Phi) is 6.81. The van der Waals surface area contributed by atoms with Gasteiger partial charge < -0.3 is 10.1 Å². The number of rotatable bonds is 7. The zero-order valence-corrected chi connectivity index (χ0v) is 11.4. The van der Waals surface area contributed by atoms with Gasteiger partial charge in [-0.2, -0.15) is 13.2 Å². The van der Waals surface area contributed by atoms with Crippen molar-refractivity contribution in [3.05, 3.63) is 29.8 Å². The predicted octanol–water partition coefficient (Wildman–Crippen LogP) is 3.38. The zero-order chi connectivity index (χ0) is 15.0. The third-order valence-corrected chi connectivity index (χ3v) is 2.55. The lowest BCUT2D eigenvalue weighted by Crippen LogP contribution is -2.20. The third kappa shape index (κ3) is 7.35. The Hall–Kier alpha value is -1.27. The smallest absolute Gasteiger partial charge is 0.372 e. The van der Waals surface area contributed by atoms with Crippen LogP contribution in [0.1, 0.15) is 12.0 Å². The second kappa shape index (κ2) is 8.11. The van der Waals surface area contributed by atoms with Crippen molar-refractivity contribution < 1.29 is 22.7 Å². The summed E-state index contributed by atoms with van der Waals surface area (Å²) in [7, 11) is 0. The minimum absolute atomic E-state index is 0.125. The van der Waals surface area contributed by atoms with E-state index in [1.165, 1.54) is 0 Å². The van der Waals surface area contributed by atoms with Gasteiger partial charge in [0.05, 0.1) is 13.0 Å². The van der Waals surface area contributed by atoms with Crippen LogP contribution in [-0.2, 0) is 16.0 Å². The number of alkyl halides is 4. The summed E-state index contributed by atoms with van der Waals surface area (Å²) in [6.45, 7) is -1.61.